The Kier molecular flexibility index (Phi) is 1.78. The van der Waals surface area contributed by atoms with Crippen molar-refractivity contribution in [3.05, 3.63) is 23.5 Å². The zero-order valence-corrected chi connectivity index (χ0v) is 5.86. The van der Waals surface area contributed by atoms with Crippen LogP contribution in [-0.2, 0) is 0 Å². The molecular formula is C7H12N2. The molecule has 0 aromatic rings. The van der Waals surface area contributed by atoms with Crippen molar-refractivity contribution >= 4 is 0 Å². The Morgan fingerprint density at radius 3 is 3.00 bits per heavy atom. The average Bonchev–Trinajstić information content (AvgIpc) is 1.93. The molecule has 2 N–H and O–H groups in total. The molecule has 1 aliphatic heterocycles. The molecule has 0 amide bonds. The predicted molar refractivity (Wildman–Crippen MR) is 38.7 cm³/mol. The van der Waals surface area contributed by atoms with Crippen LogP contribution in [0, 0.1) is 0 Å². The van der Waals surface area contributed by atoms with E-state index >= 15 is 0 Å². The monoisotopic (exact) mass is 124 g/mol. The van der Waals surface area contributed by atoms with Crippen LogP contribution in [0.3, 0.4) is 0 Å². The van der Waals surface area contributed by atoms with Gasteiger partial charge in [0.25, 0.3) is 0 Å². The maximum absolute atomic E-state index is 3.17. The topological polar surface area (TPSA) is 24.1 Å². The second-order valence-electron chi connectivity index (χ2n) is 2.27. The van der Waals surface area contributed by atoms with Crippen molar-refractivity contribution in [1.29, 1.82) is 0 Å². The normalized spacial score (nSPS) is 18.4. The van der Waals surface area contributed by atoms with Gasteiger partial charge < -0.3 is 10.6 Å². The first-order chi connectivity index (χ1) is 4.29. The molecule has 0 atom stereocenters. The Labute approximate surface area is 55.6 Å². The fourth-order valence-corrected chi connectivity index (χ4v) is 0.837. The third-order valence-corrected chi connectivity index (χ3v) is 1.24. The van der Waals surface area contributed by atoms with Gasteiger partial charge in [0.15, 0.2) is 0 Å². The second kappa shape index (κ2) is 2.58. The van der Waals surface area contributed by atoms with Crippen molar-refractivity contribution < 1.29 is 0 Å². The SMILES string of the molecule is CC1=CNCNC(C)=C1. The highest BCUT2D eigenvalue weighted by Crippen LogP contribution is 1.98. The van der Waals surface area contributed by atoms with E-state index in [4.69, 9.17) is 0 Å². The van der Waals surface area contributed by atoms with Crippen LogP contribution < -0.4 is 10.6 Å². The highest BCUT2D eigenvalue weighted by molar-refractivity contribution is 5.20. The molecule has 0 aromatic heterocycles. The summed E-state index contributed by atoms with van der Waals surface area (Å²) < 4.78 is 0. The Bertz CT molecular complexity index is 156. The van der Waals surface area contributed by atoms with E-state index in [0.29, 0.717) is 0 Å². The molecule has 2 nitrogen and oxygen atoms in total. The van der Waals surface area contributed by atoms with Gasteiger partial charge in [-0.05, 0) is 25.5 Å². The molecule has 0 saturated carbocycles. The Morgan fingerprint density at radius 1 is 1.44 bits per heavy atom. The number of hydrogen-bond donors (Lipinski definition) is 2. The van der Waals surface area contributed by atoms with E-state index in [1.807, 2.05) is 6.20 Å². The molecule has 0 aliphatic carbocycles. The fourth-order valence-electron chi connectivity index (χ4n) is 0.837. The van der Waals surface area contributed by atoms with Gasteiger partial charge in [-0.15, -0.1) is 0 Å². The van der Waals surface area contributed by atoms with Crippen LogP contribution in [0.1, 0.15) is 13.8 Å². The van der Waals surface area contributed by atoms with Crippen molar-refractivity contribution in [2.45, 2.75) is 13.8 Å². The van der Waals surface area contributed by atoms with Crippen LogP contribution in [0.4, 0.5) is 0 Å². The summed E-state index contributed by atoms with van der Waals surface area (Å²) in [5.41, 5.74) is 2.48. The van der Waals surface area contributed by atoms with Crippen molar-refractivity contribution in [3.63, 3.8) is 0 Å². The largest absolute Gasteiger partial charge is 0.374 e. The Balaban J connectivity index is 2.67. The van der Waals surface area contributed by atoms with Gasteiger partial charge in [0, 0.05) is 11.9 Å². The average molecular weight is 124 g/mol. The number of hydrogen-bond acceptors (Lipinski definition) is 2. The van der Waals surface area contributed by atoms with Crippen LogP contribution in [0.25, 0.3) is 0 Å². The molecule has 1 heterocycles. The van der Waals surface area contributed by atoms with E-state index < -0.39 is 0 Å². The van der Waals surface area contributed by atoms with E-state index in [0.717, 1.165) is 6.67 Å². The lowest BCUT2D eigenvalue weighted by Gasteiger charge is -2.00. The zero-order chi connectivity index (χ0) is 6.69. The molecular weight excluding hydrogens is 112 g/mol. The first-order valence-corrected chi connectivity index (χ1v) is 3.11. The Hall–Kier alpha value is -0.920. The molecule has 0 fully saturated rings. The van der Waals surface area contributed by atoms with E-state index in [1.54, 1.807) is 0 Å². The van der Waals surface area contributed by atoms with Crippen molar-refractivity contribution in [1.82, 2.24) is 10.6 Å². The highest BCUT2D eigenvalue weighted by atomic mass is 15.1. The van der Waals surface area contributed by atoms with Gasteiger partial charge in [-0.3, -0.25) is 0 Å². The van der Waals surface area contributed by atoms with Crippen LogP contribution >= 0.6 is 0 Å². The first-order valence-electron chi connectivity index (χ1n) is 3.11. The van der Waals surface area contributed by atoms with Crippen LogP contribution in [0.15, 0.2) is 23.5 Å². The maximum atomic E-state index is 3.17. The summed E-state index contributed by atoms with van der Waals surface area (Å²) in [6.07, 6.45) is 4.11. The molecule has 50 valence electrons. The summed E-state index contributed by atoms with van der Waals surface area (Å²) in [7, 11) is 0. The van der Waals surface area contributed by atoms with Crippen molar-refractivity contribution in [2.24, 2.45) is 0 Å². The van der Waals surface area contributed by atoms with Crippen LogP contribution in [-0.4, -0.2) is 6.67 Å². The molecule has 0 saturated heterocycles. The lowest BCUT2D eigenvalue weighted by Crippen LogP contribution is -2.21. The lowest BCUT2D eigenvalue weighted by molar-refractivity contribution is 0.743. The predicted octanol–water partition coefficient (Wildman–Crippen LogP) is 0.944. The van der Waals surface area contributed by atoms with Gasteiger partial charge in [0.2, 0.25) is 0 Å². The van der Waals surface area contributed by atoms with E-state index in [9.17, 15) is 0 Å². The van der Waals surface area contributed by atoms with Crippen LogP contribution in [0.2, 0.25) is 0 Å². The number of rotatable bonds is 0. The van der Waals surface area contributed by atoms with E-state index in [2.05, 4.69) is 30.6 Å². The summed E-state index contributed by atoms with van der Waals surface area (Å²) in [5, 5.41) is 6.27. The van der Waals surface area contributed by atoms with Gasteiger partial charge >= 0.3 is 0 Å². The molecule has 1 rings (SSSR count). The minimum Gasteiger partial charge on any atom is -0.374 e. The third-order valence-electron chi connectivity index (χ3n) is 1.24. The zero-order valence-electron chi connectivity index (χ0n) is 5.86. The molecule has 0 aromatic carbocycles. The summed E-state index contributed by atoms with van der Waals surface area (Å²) >= 11 is 0. The standard InChI is InChI=1S/C7H12N2/c1-6-3-7(2)9-5-8-4-6/h3-4,8-9H,5H2,1-2H3. The maximum Gasteiger partial charge on any atom is 0.0842 e. The van der Waals surface area contributed by atoms with Crippen molar-refractivity contribution in [3.8, 4) is 0 Å². The molecule has 1 aliphatic rings. The number of nitrogens with one attached hydrogen (secondary N) is 2. The first kappa shape index (κ1) is 6.20. The van der Waals surface area contributed by atoms with E-state index in [1.165, 1.54) is 11.3 Å². The minimum atomic E-state index is 0.833. The summed E-state index contributed by atoms with van der Waals surface area (Å²) in [6.45, 7) is 4.97. The van der Waals surface area contributed by atoms with Gasteiger partial charge in [0.1, 0.15) is 0 Å². The summed E-state index contributed by atoms with van der Waals surface area (Å²) in [6, 6.07) is 0. The molecule has 0 spiro atoms. The molecule has 0 bridgehead atoms. The van der Waals surface area contributed by atoms with Crippen molar-refractivity contribution in [2.75, 3.05) is 6.67 Å². The fraction of sp³-hybridized carbons (Fsp3) is 0.429. The molecule has 9 heavy (non-hydrogen) atoms. The quantitative estimate of drug-likeness (QED) is 0.502. The van der Waals surface area contributed by atoms with E-state index in [-0.39, 0.29) is 0 Å². The third kappa shape index (κ3) is 1.80. The van der Waals surface area contributed by atoms with Crippen LogP contribution in [0.5, 0.6) is 0 Å². The molecule has 0 unspecified atom stereocenters. The lowest BCUT2D eigenvalue weighted by atomic mass is 10.3. The summed E-state index contributed by atoms with van der Waals surface area (Å²) in [5.74, 6) is 0. The second-order valence-corrected chi connectivity index (χ2v) is 2.27. The highest BCUT2D eigenvalue weighted by Gasteiger charge is 1.91. The van der Waals surface area contributed by atoms with Gasteiger partial charge in [-0.1, -0.05) is 0 Å². The smallest absolute Gasteiger partial charge is 0.0842 e. The number of allylic oxidation sites excluding steroid dienone is 3. The van der Waals surface area contributed by atoms with Gasteiger partial charge in [-0.2, -0.15) is 0 Å². The summed E-state index contributed by atoms with van der Waals surface area (Å²) in [4.78, 5) is 0. The van der Waals surface area contributed by atoms with Gasteiger partial charge in [0.05, 0.1) is 6.67 Å². The Morgan fingerprint density at radius 2 is 2.22 bits per heavy atom. The van der Waals surface area contributed by atoms with Gasteiger partial charge in [-0.25, -0.2) is 0 Å². The molecule has 0 radical (unpaired) electrons. The minimum absolute atomic E-state index is 0.833. The molecule has 2 heteroatoms.